The SMILES string of the molecule is Cc1nc(CN2CCC(C(=O)O)C(C(=O)O)C2)no1. The van der Waals surface area contributed by atoms with Crippen LogP contribution in [0.3, 0.4) is 0 Å². The molecule has 2 heterocycles. The monoisotopic (exact) mass is 269 g/mol. The largest absolute Gasteiger partial charge is 0.481 e. The average molecular weight is 269 g/mol. The van der Waals surface area contributed by atoms with Crippen LogP contribution in [0.1, 0.15) is 18.1 Å². The molecule has 2 atom stereocenters. The van der Waals surface area contributed by atoms with Gasteiger partial charge in [-0.15, -0.1) is 0 Å². The Hall–Kier alpha value is -1.96. The molecule has 19 heavy (non-hydrogen) atoms. The first-order valence-electron chi connectivity index (χ1n) is 5.94. The lowest BCUT2D eigenvalue weighted by Gasteiger charge is -2.33. The fourth-order valence-corrected chi connectivity index (χ4v) is 2.31. The molecule has 0 aliphatic carbocycles. The lowest BCUT2D eigenvalue weighted by atomic mass is 9.85. The van der Waals surface area contributed by atoms with E-state index in [1.165, 1.54) is 0 Å². The molecular formula is C11H15N3O5. The molecule has 1 fully saturated rings. The van der Waals surface area contributed by atoms with Gasteiger partial charge in [0, 0.05) is 13.5 Å². The second kappa shape index (κ2) is 5.35. The van der Waals surface area contributed by atoms with Gasteiger partial charge in [-0.2, -0.15) is 4.98 Å². The number of hydrogen-bond donors (Lipinski definition) is 2. The van der Waals surface area contributed by atoms with E-state index >= 15 is 0 Å². The maximum atomic E-state index is 11.1. The van der Waals surface area contributed by atoms with Crippen LogP contribution < -0.4 is 0 Å². The average Bonchev–Trinajstić information content (AvgIpc) is 2.74. The van der Waals surface area contributed by atoms with Gasteiger partial charge in [-0.3, -0.25) is 14.5 Å². The Balaban J connectivity index is 2.02. The first-order chi connectivity index (χ1) is 8.97. The van der Waals surface area contributed by atoms with Crippen LogP contribution in [0.15, 0.2) is 4.52 Å². The van der Waals surface area contributed by atoms with Crippen molar-refractivity contribution in [1.29, 1.82) is 0 Å². The number of rotatable bonds is 4. The van der Waals surface area contributed by atoms with Crippen LogP contribution >= 0.6 is 0 Å². The van der Waals surface area contributed by atoms with Crippen LogP contribution in [0.25, 0.3) is 0 Å². The summed E-state index contributed by atoms with van der Waals surface area (Å²) in [6.45, 7) is 2.73. The van der Waals surface area contributed by atoms with E-state index in [1.54, 1.807) is 6.92 Å². The molecular weight excluding hydrogens is 254 g/mol. The topological polar surface area (TPSA) is 117 Å². The molecule has 1 aromatic rings. The van der Waals surface area contributed by atoms with Gasteiger partial charge >= 0.3 is 11.9 Å². The van der Waals surface area contributed by atoms with Crippen LogP contribution in [-0.2, 0) is 16.1 Å². The van der Waals surface area contributed by atoms with E-state index in [9.17, 15) is 9.59 Å². The van der Waals surface area contributed by atoms with Crippen molar-refractivity contribution in [3.63, 3.8) is 0 Å². The van der Waals surface area contributed by atoms with Crippen LogP contribution in [0.2, 0.25) is 0 Å². The second-order valence-electron chi connectivity index (χ2n) is 4.64. The fraction of sp³-hybridized carbons (Fsp3) is 0.636. The van der Waals surface area contributed by atoms with Crippen LogP contribution in [0.5, 0.6) is 0 Å². The predicted octanol–water partition coefficient (Wildman–Crippen LogP) is -0.0147. The van der Waals surface area contributed by atoms with Gasteiger partial charge in [-0.05, 0) is 13.0 Å². The van der Waals surface area contributed by atoms with Gasteiger partial charge in [0.05, 0.1) is 18.4 Å². The summed E-state index contributed by atoms with van der Waals surface area (Å²) in [5.41, 5.74) is 0. The van der Waals surface area contributed by atoms with Gasteiger partial charge in [0.25, 0.3) is 0 Å². The first kappa shape index (κ1) is 13.5. The Morgan fingerprint density at radius 1 is 1.37 bits per heavy atom. The van der Waals surface area contributed by atoms with Crippen molar-refractivity contribution in [3.05, 3.63) is 11.7 Å². The molecule has 0 aromatic carbocycles. The van der Waals surface area contributed by atoms with Gasteiger partial charge in [0.1, 0.15) is 0 Å². The minimum Gasteiger partial charge on any atom is -0.481 e. The zero-order valence-corrected chi connectivity index (χ0v) is 10.4. The molecule has 0 saturated carbocycles. The molecule has 0 spiro atoms. The Kier molecular flexibility index (Phi) is 3.79. The normalized spacial score (nSPS) is 24.3. The van der Waals surface area contributed by atoms with Crippen molar-refractivity contribution in [1.82, 2.24) is 15.0 Å². The van der Waals surface area contributed by atoms with E-state index in [4.69, 9.17) is 14.7 Å². The molecule has 1 aliphatic heterocycles. The molecule has 0 bridgehead atoms. The summed E-state index contributed by atoms with van der Waals surface area (Å²) in [5.74, 6) is -2.94. The minimum atomic E-state index is -1.08. The highest BCUT2D eigenvalue weighted by Gasteiger charge is 2.38. The zero-order valence-electron chi connectivity index (χ0n) is 10.4. The van der Waals surface area contributed by atoms with E-state index < -0.39 is 23.8 Å². The summed E-state index contributed by atoms with van der Waals surface area (Å²) >= 11 is 0. The van der Waals surface area contributed by atoms with Gasteiger partial charge in [0.2, 0.25) is 5.89 Å². The quantitative estimate of drug-likeness (QED) is 0.783. The standard InChI is InChI=1S/C11H15N3O5/c1-6-12-9(13-19-6)5-14-3-2-7(10(15)16)8(4-14)11(17)18/h7-8H,2-5H2,1H3,(H,15,16)(H,17,18). The van der Waals surface area contributed by atoms with Crippen molar-refractivity contribution in [2.24, 2.45) is 11.8 Å². The molecule has 2 N–H and O–H groups in total. The molecule has 0 radical (unpaired) electrons. The number of carboxylic acid groups (broad SMARTS) is 2. The predicted molar refractivity (Wildman–Crippen MR) is 61.2 cm³/mol. The Bertz CT molecular complexity index is 486. The summed E-state index contributed by atoms with van der Waals surface area (Å²) in [5, 5.41) is 21.9. The molecule has 8 nitrogen and oxygen atoms in total. The summed E-state index contributed by atoms with van der Waals surface area (Å²) in [4.78, 5) is 28.0. The molecule has 104 valence electrons. The van der Waals surface area contributed by atoms with E-state index in [2.05, 4.69) is 10.1 Å². The Labute approximate surface area is 109 Å². The summed E-state index contributed by atoms with van der Waals surface area (Å²) in [6, 6.07) is 0. The molecule has 1 aromatic heterocycles. The van der Waals surface area contributed by atoms with Crippen LogP contribution in [0.4, 0.5) is 0 Å². The molecule has 2 unspecified atom stereocenters. The number of likely N-dealkylation sites (tertiary alicyclic amines) is 1. The van der Waals surface area contributed by atoms with Gasteiger partial charge in [-0.1, -0.05) is 5.16 Å². The van der Waals surface area contributed by atoms with Crippen molar-refractivity contribution in [2.45, 2.75) is 19.9 Å². The van der Waals surface area contributed by atoms with Crippen molar-refractivity contribution in [3.8, 4) is 0 Å². The summed E-state index contributed by atoms with van der Waals surface area (Å²) in [6.07, 6.45) is 0.309. The zero-order chi connectivity index (χ0) is 14.0. The highest BCUT2D eigenvalue weighted by molar-refractivity contribution is 5.80. The first-order valence-corrected chi connectivity index (χ1v) is 5.94. The maximum Gasteiger partial charge on any atom is 0.308 e. The molecule has 1 saturated heterocycles. The number of carboxylic acids is 2. The second-order valence-corrected chi connectivity index (χ2v) is 4.64. The number of aromatic nitrogens is 2. The van der Waals surface area contributed by atoms with E-state index in [-0.39, 0.29) is 6.54 Å². The Morgan fingerprint density at radius 2 is 2.05 bits per heavy atom. The Morgan fingerprint density at radius 3 is 2.58 bits per heavy atom. The highest BCUT2D eigenvalue weighted by Crippen LogP contribution is 2.25. The highest BCUT2D eigenvalue weighted by atomic mass is 16.5. The number of aryl methyl sites for hydroxylation is 1. The lowest BCUT2D eigenvalue weighted by molar-refractivity contribution is -0.157. The summed E-state index contributed by atoms with van der Waals surface area (Å²) < 4.78 is 4.84. The number of hydrogen-bond acceptors (Lipinski definition) is 6. The smallest absolute Gasteiger partial charge is 0.308 e. The number of carbonyl (C=O) groups is 2. The maximum absolute atomic E-state index is 11.1. The molecule has 2 rings (SSSR count). The van der Waals surface area contributed by atoms with Gasteiger partial charge in [0.15, 0.2) is 5.82 Å². The number of piperidine rings is 1. The third kappa shape index (κ3) is 3.08. The molecule has 0 amide bonds. The summed E-state index contributed by atoms with van der Waals surface area (Å²) in [7, 11) is 0. The number of aliphatic carboxylic acids is 2. The number of nitrogens with zero attached hydrogens (tertiary/aromatic N) is 3. The van der Waals surface area contributed by atoms with E-state index in [1.807, 2.05) is 4.90 Å². The third-order valence-electron chi connectivity index (χ3n) is 3.27. The van der Waals surface area contributed by atoms with Crippen LogP contribution in [0, 0.1) is 18.8 Å². The van der Waals surface area contributed by atoms with Gasteiger partial charge in [-0.25, -0.2) is 0 Å². The van der Waals surface area contributed by atoms with E-state index in [0.29, 0.717) is 31.2 Å². The van der Waals surface area contributed by atoms with Crippen LogP contribution in [-0.4, -0.2) is 50.3 Å². The fourth-order valence-electron chi connectivity index (χ4n) is 2.31. The molecule has 1 aliphatic rings. The van der Waals surface area contributed by atoms with Crippen molar-refractivity contribution in [2.75, 3.05) is 13.1 Å². The lowest BCUT2D eigenvalue weighted by Crippen LogP contribution is -2.46. The van der Waals surface area contributed by atoms with E-state index in [0.717, 1.165) is 0 Å². The molecule has 8 heteroatoms. The van der Waals surface area contributed by atoms with Crippen molar-refractivity contribution < 1.29 is 24.3 Å². The minimum absolute atomic E-state index is 0.180. The van der Waals surface area contributed by atoms with Crippen molar-refractivity contribution >= 4 is 11.9 Å². The third-order valence-corrected chi connectivity index (χ3v) is 3.27. The van der Waals surface area contributed by atoms with Gasteiger partial charge < -0.3 is 14.7 Å².